The quantitative estimate of drug-likeness (QED) is 0.682. The first-order chi connectivity index (χ1) is 11.7. The van der Waals surface area contributed by atoms with Crippen LogP contribution < -0.4 is 5.32 Å². The van der Waals surface area contributed by atoms with Crippen molar-refractivity contribution >= 4 is 12.1 Å². The highest BCUT2D eigenvalue weighted by Crippen LogP contribution is 2.22. The van der Waals surface area contributed by atoms with Gasteiger partial charge in [-0.1, -0.05) is 30.3 Å². The summed E-state index contributed by atoms with van der Waals surface area (Å²) in [4.78, 5) is 15.3. The van der Waals surface area contributed by atoms with Gasteiger partial charge in [0.2, 0.25) is 0 Å². The van der Waals surface area contributed by atoms with Crippen molar-refractivity contribution in [3.05, 3.63) is 83.8 Å². The fourth-order valence-electron chi connectivity index (χ4n) is 2.50. The number of carbonyl (C=O) groups is 1. The second-order valence-electron chi connectivity index (χ2n) is 5.59. The lowest BCUT2D eigenvalue weighted by Gasteiger charge is -2.15. The van der Waals surface area contributed by atoms with E-state index in [1.165, 1.54) is 12.1 Å². The molecule has 24 heavy (non-hydrogen) atoms. The first-order valence-corrected chi connectivity index (χ1v) is 7.69. The number of anilines is 1. The number of halogens is 1. The standard InChI is InChI=1S/C20H17FN2O/c1-14(16-5-8-19(21)9-6-16)23-20-10-7-18(12-22-20)17-4-2-3-15(11-17)13-24/h2-14H,1H3,(H,22,23). The van der Waals surface area contributed by atoms with E-state index in [1.54, 1.807) is 24.4 Å². The monoisotopic (exact) mass is 320 g/mol. The van der Waals surface area contributed by atoms with Crippen LogP contribution in [0.5, 0.6) is 0 Å². The Labute approximate surface area is 140 Å². The third-order valence-electron chi connectivity index (χ3n) is 3.85. The van der Waals surface area contributed by atoms with E-state index in [0.29, 0.717) is 5.56 Å². The van der Waals surface area contributed by atoms with Crippen LogP contribution in [0.2, 0.25) is 0 Å². The van der Waals surface area contributed by atoms with Crippen LogP contribution in [-0.2, 0) is 0 Å². The predicted molar refractivity (Wildman–Crippen MR) is 93.5 cm³/mol. The van der Waals surface area contributed by atoms with Crippen LogP contribution in [0.15, 0.2) is 66.9 Å². The lowest BCUT2D eigenvalue weighted by atomic mass is 10.1. The molecule has 3 rings (SSSR count). The Balaban J connectivity index is 1.74. The number of nitrogens with zero attached hydrogens (tertiary/aromatic N) is 1. The van der Waals surface area contributed by atoms with Gasteiger partial charge < -0.3 is 5.32 Å². The Morgan fingerprint density at radius 2 is 1.83 bits per heavy atom. The number of aldehydes is 1. The van der Waals surface area contributed by atoms with Gasteiger partial charge in [-0.2, -0.15) is 0 Å². The molecule has 1 aromatic heterocycles. The smallest absolute Gasteiger partial charge is 0.150 e. The maximum Gasteiger partial charge on any atom is 0.150 e. The fourth-order valence-corrected chi connectivity index (χ4v) is 2.50. The summed E-state index contributed by atoms with van der Waals surface area (Å²) in [5.41, 5.74) is 3.52. The number of rotatable bonds is 5. The van der Waals surface area contributed by atoms with E-state index in [9.17, 15) is 9.18 Å². The lowest BCUT2D eigenvalue weighted by Crippen LogP contribution is -2.07. The number of hydrogen-bond donors (Lipinski definition) is 1. The van der Waals surface area contributed by atoms with E-state index in [-0.39, 0.29) is 11.9 Å². The van der Waals surface area contributed by atoms with Crippen molar-refractivity contribution in [2.75, 3.05) is 5.32 Å². The predicted octanol–water partition coefficient (Wildman–Crippen LogP) is 4.87. The molecule has 3 aromatic rings. The Kier molecular flexibility index (Phi) is 4.66. The van der Waals surface area contributed by atoms with Gasteiger partial charge in [0.15, 0.2) is 0 Å². The summed E-state index contributed by atoms with van der Waals surface area (Å²) in [6, 6.07) is 17.7. The van der Waals surface area contributed by atoms with Crippen LogP contribution in [0, 0.1) is 5.82 Å². The highest BCUT2D eigenvalue weighted by Gasteiger charge is 2.07. The van der Waals surface area contributed by atoms with E-state index in [1.807, 2.05) is 37.3 Å². The molecular weight excluding hydrogens is 303 g/mol. The van der Waals surface area contributed by atoms with Gasteiger partial charge in [-0.25, -0.2) is 9.37 Å². The van der Waals surface area contributed by atoms with Crippen molar-refractivity contribution in [1.82, 2.24) is 4.98 Å². The molecule has 0 aliphatic rings. The summed E-state index contributed by atoms with van der Waals surface area (Å²) in [5.74, 6) is 0.494. The minimum atomic E-state index is -0.244. The molecule has 4 heteroatoms. The summed E-state index contributed by atoms with van der Waals surface area (Å²) >= 11 is 0. The molecule has 0 bridgehead atoms. The third kappa shape index (κ3) is 3.66. The first-order valence-electron chi connectivity index (χ1n) is 7.69. The highest BCUT2D eigenvalue weighted by atomic mass is 19.1. The van der Waals surface area contributed by atoms with Crippen LogP contribution in [0.4, 0.5) is 10.2 Å². The number of pyridine rings is 1. The summed E-state index contributed by atoms with van der Waals surface area (Å²) in [6.45, 7) is 2.00. The van der Waals surface area contributed by atoms with Gasteiger partial charge in [0.1, 0.15) is 17.9 Å². The molecule has 0 fully saturated rings. The second-order valence-corrected chi connectivity index (χ2v) is 5.59. The fraction of sp³-hybridized carbons (Fsp3) is 0.100. The molecule has 0 saturated heterocycles. The van der Waals surface area contributed by atoms with Gasteiger partial charge in [-0.3, -0.25) is 4.79 Å². The van der Waals surface area contributed by atoms with Crippen molar-refractivity contribution < 1.29 is 9.18 Å². The minimum absolute atomic E-state index is 0.0161. The summed E-state index contributed by atoms with van der Waals surface area (Å²) in [7, 11) is 0. The van der Waals surface area contributed by atoms with Crippen LogP contribution in [-0.4, -0.2) is 11.3 Å². The van der Waals surface area contributed by atoms with Crippen LogP contribution in [0.1, 0.15) is 28.9 Å². The van der Waals surface area contributed by atoms with Gasteiger partial charge in [-0.05, 0) is 48.4 Å². The largest absolute Gasteiger partial charge is 0.364 e. The van der Waals surface area contributed by atoms with Crippen molar-refractivity contribution in [3.8, 4) is 11.1 Å². The first kappa shape index (κ1) is 15.9. The number of aromatic nitrogens is 1. The van der Waals surface area contributed by atoms with Gasteiger partial charge in [0.05, 0.1) is 0 Å². The number of hydrogen-bond acceptors (Lipinski definition) is 3. The van der Waals surface area contributed by atoms with Gasteiger partial charge in [0, 0.05) is 23.4 Å². The molecule has 0 amide bonds. The average molecular weight is 320 g/mol. The molecule has 1 atom stereocenters. The molecule has 3 nitrogen and oxygen atoms in total. The molecule has 0 aliphatic carbocycles. The zero-order chi connectivity index (χ0) is 16.9. The topological polar surface area (TPSA) is 42.0 Å². The zero-order valence-corrected chi connectivity index (χ0v) is 13.2. The Morgan fingerprint density at radius 1 is 1.04 bits per heavy atom. The highest BCUT2D eigenvalue weighted by molar-refractivity contribution is 5.78. The van der Waals surface area contributed by atoms with Crippen molar-refractivity contribution in [2.24, 2.45) is 0 Å². The SMILES string of the molecule is CC(Nc1ccc(-c2cccc(C=O)c2)cn1)c1ccc(F)cc1. The van der Waals surface area contributed by atoms with E-state index in [0.717, 1.165) is 28.8 Å². The molecular formula is C20H17FN2O. The Hall–Kier alpha value is -3.01. The maximum atomic E-state index is 13.0. The molecule has 120 valence electrons. The molecule has 0 saturated carbocycles. The van der Waals surface area contributed by atoms with E-state index >= 15 is 0 Å². The van der Waals surface area contributed by atoms with E-state index < -0.39 is 0 Å². The molecule has 1 unspecified atom stereocenters. The summed E-state index contributed by atoms with van der Waals surface area (Å²) in [6.07, 6.45) is 2.60. The van der Waals surface area contributed by atoms with Crippen LogP contribution in [0.3, 0.4) is 0 Å². The number of benzene rings is 2. The Morgan fingerprint density at radius 3 is 2.50 bits per heavy atom. The number of carbonyl (C=O) groups excluding carboxylic acids is 1. The molecule has 0 spiro atoms. The van der Waals surface area contributed by atoms with Crippen molar-refractivity contribution in [2.45, 2.75) is 13.0 Å². The summed E-state index contributed by atoms with van der Waals surface area (Å²) < 4.78 is 13.0. The van der Waals surface area contributed by atoms with Crippen molar-refractivity contribution in [1.29, 1.82) is 0 Å². The summed E-state index contributed by atoms with van der Waals surface area (Å²) in [5, 5.41) is 3.29. The minimum Gasteiger partial charge on any atom is -0.364 e. The molecule has 0 aliphatic heterocycles. The zero-order valence-electron chi connectivity index (χ0n) is 13.2. The van der Waals surface area contributed by atoms with Crippen LogP contribution in [0.25, 0.3) is 11.1 Å². The van der Waals surface area contributed by atoms with Gasteiger partial charge in [-0.15, -0.1) is 0 Å². The molecule has 2 aromatic carbocycles. The van der Waals surface area contributed by atoms with Gasteiger partial charge in [0.25, 0.3) is 0 Å². The van der Waals surface area contributed by atoms with Crippen LogP contribution >= 0.6 is 0 Å². The Bertz CT molecular complexity index is 829. The van der Waals surface area contributed by atoms with E-state index in [4.69, 9.17) is 0 Å². The van der Waals surface area contributed by atoms with Gasteiger partial charge >= 0.3 is 0 Å². The number of nitrogens with one attached hydrogen (secondary N) is 1. The lowest BCUT2D eigenvalue weighted by molar-refractivity contribution is 0.112. The normalized spacial score (nSPS) is 11.8. The molecule has 1 heterocycles. The molecule has 1 N–H and O–H groups in total. The molecule has 0 radical (unpaired) electrons. The maximum absolute atomic E-state index is 13.0. The third-order valence-corrected chi connectivity index (χ3v) is 3.85. The van der Waals surface area contributed by atoms with Crippen molar-refractivity contribution in [3.63, 3.8) is 0 Å². The van der Waals surface area contributed by atoms with E-state index in [2.05, 4.69) is 10.3 Å². The second kappa shape index (κ2) is 7.04. The average Bonchev–Trinajstić information content (AvgIpc) is 2.63.